The van der Waals surface area contributed by atoms with Gasteiger partial charge in [-0.25, -0.2) is 8.42 Å². The molecule has 0 spiro atoms. The molecule has 1 saturated carbocycles. The Morgan fingerprint density at radius 1 is 1.40 bits per heavy atom. The van der Waals surface area contributed by atoms with Crippen LogP contribution in [0.5, 0.6) is 0 Å². The van der Waals surface area contributed by atoms with E-state index in [-0.39, 0.29) is 19.0 Å². The van der Waals surface area contributed by atoms with Crippen molar-refractivity contribution < 1.29 is 23.4 Å². The van der Waals surface area contributed by atoms with Crippen LogP contribution in [-0.2, 0) is 14.8 Å². The second-order valence-corrected chi connectivity index (χ2v) is 6.26. The summed E-state index contributed by atoms with van der Waals surface area (Å²) in [6.07, 6.45) is 1.87. The van der Waals surface area contributed by atoms with Crippen molar-refractivity contribution in [2.75, 3.05) is 18.8 Å². The van der Waals surface area contributed by atoms with E-state index in [0.717, 1.165) is 17.1 Å². The largest absolute Gasteiger partial charge is 0.480 e. The Labute approximate surface area is 87.6 Å². The van der Waals surface area contributed by atoms with Gasteiger partial charge < -0.3 is 10.2 Å². The first kappa shape index (κ1) is 10.8. The van der Waals surface area contributed by atoms with Crippen LogP contribution in [0.15, 0.2) is 0 Å². The highest BCUT2D eigenvalue weighted by atomic mass is 32.2. The summed E-state index contributed by atoms with van der Waals surface area (Å²) >= 11 is 0. The molecule has 1 heterocycles. The molecular weight excluding hydrogens is 222 g/mol. The Bertz CT molecular complexity index is 380. The summed E-state index contributed by atoms with van der Waals surface area (Å²) in [5, 5.41) is 18.3. The first-order valence-electron chi connectivity index (χ1n) is 4.75. The molecule has 2 N–H and O–H groups in total. The molecule has 0 atom stereocenters. The highest BCUT2D eigenvalue weighted by molar-refractivity contribution is 7.89. The standard InChI is InChI=1S/C8H13NO5S/c10-7(11)3-15(13,14)9-4-8(12,5-9)6-1-2-6/h6,12H,1-5H2,(H,10,11). The van der Waals surface area contributed by atoms with E-state index in [1.807, 2.05) is 0 Å². The van der Waals surface area contributed by atoms with E-state index in [0.29, 0.717) is 0 Å². The molecule has 0 aromatic carbocycles. The van der Waals surface area contributed by atoms with E-state index in [1.165, 1.54) is 0 Å². The van der Waals surface area contributed by atoms with Gasteiger partial charge in [0.15, 0.2) is 5.75 Å². The summed E-state index contributed by atoms with van der Waals surface area (Å²) < 4.78 is 23.8. The SMILES string of the molecule is O=C(O)CS(=O)(=O)N1CC(O)(C2CC2)C1. The lowest BCUT2D eigenvalue weighted by Crippen LogP contribution is -2.65. The predicted molar refractivity (Wildman–Crippen MR) is 50.7 cm³/mol. The summed E-state index contributed by atoms with van der Waals surface area (Å²) in [5.41, 5.74) is -0.897. The number of carbonyl (C=O) groups is 1. The van der Waals surface area contributed by atoms with Gasteiger partial charge in [-0.15, -0.1) is 0 Å². The van der Waals surface area contributed by atoms with Gasteiger partial charge in [-0.2, -0.15) is 4.31 Å². The van der Waals surface area contributed by atoms with Gasteiger partial charge in [-0.3, -0.25) is 4.79 Å². The van der Waals surface area contributed by atoms with Crippen LogP contribution < -0.4 is 0 Å². The van der Waals surface area contributed by atoms with Gasteiger partial charge in [0.05, 0.1) is 5.60 Å². The minimum Gasteiger partial charge on any atom is -0.480 e. The number of aliphatic hydroxyl groups is 1. The Balaban J connectivity index is 1.95. The molecule has 2 aliphatic rings. The van der Waals surface area contributed by atoms with Crippen molar-refractivity contribution in [2.24, 2.45) is 5.92 Å². The molecule has 0 unspecified atom stereocenters. The summed E-state index contributed by atoms with van der Waals surface area (Å²) in [6, 6.07) is 0. The molecule has 0 amide bonds. The van der Waals surface area contributed by atoms with Gasteiger partial charge in [-0.1, -0.05) is 0 Å². The van der Waals surface area contributed by atoms with E-state index in [1.54, 1.807) is 0 Å². The number of hydrogen-bond acceptors (Lipinski definition) is 4. The minimum atomic E-state index is -3.73. The molecule has 2 rings (SSSR count). The van der Waals surface area contributed by atoms with Crippen molar-refractivity contribution in [2.45, 2.75) is 18.4 Å². The number of hydrogen-bond donors (Lipinski definition) is 2. The van der Waals surface area contributed by atoms with Crippen LogP contribution in [0, 0.1) is 5.92 Å². The number of rotatable bonds is 4. The first-order chi connectivity index (χ1) is 6.83. The average molecular weight is 235 g/mol. The molecule has 6 nitrogen and oxygen atoms in total. The van der Waals surface area contributed by atoms with E-state index < -0.39 is 27.3 Å². The lowest BCUT2D eigenvalue weighted by atomic mass is 9.91. The van der Waals surface area contributed by atoms with Crippen LogP contribution in [0.2, 0.25) is 0 Å². The van der Waals surface area contributed by atoms with Gasteiger partial charge in [0.25, 0.3) is 0 Å². The van der Waals surface area contributed by atoms with Gasteiger partial charge in [0.1, 0.15) is 0 Å². The van der Waals surface area contributed by atoms with Crippen LogP contribution in [0.1, 0.15) is 12.8 Å². The number of β-amino-alcohol motifs (C(OH)–C–C–N with tert-alkyl or cyclic N) is 1. The van der Waals surface area contributed by atoms with Crippen LogP contribution in [0.25, 0.3) is 0 Å². The third-order valence-electron chi connectivity index (χ3n) is 2.94. The van der Waals surface area contributed by atoms with E-state index in [2.05, 4.69) is 0 Å². The molecule has 0 bridgehead atoms. The Kier molecular flexibility index (Phi) is 2.29. The zero-order valence-corrected chi connectivity index (χ0v) is 8.90. The molecule has 2 fully saturated rings. The van der Waals surface area contributed by atoms with E-state index >= 15 is 0 Å². The van der Waals surface area contributed by atoms with Crippen LogP contribution in [-0.4, -0.2) is 53.3 Å². The Morgan fingerprint density at radius 3 is 2.33 bits per heavy atom. The third kappa shape index (κ3) is 1.99. The molecular formula is C8H13NO5S. The molecule has 0 radical (unpaired) electrons. The maximum atomic E-state index is 11.4. The normalized spacial score (nSPS) is 25.9. The Hall–Kier alpha value is -0.660. The number of sulfonamides is 1. The Morgan fingerprint density at radius 2 is 1.93 bits per heavy atom. The zero-order valence-electron chi connectivity index (χ0n) is 8.09. The van der Waals surface area contributed by atoms with E-state index in [4.69, 9.17) is 5.11 Å². The van der Waals surface area contributed by atoms with Crippen molar-refractivity contribution in [3.63, 3.8) is 0 Å². The maximum absolute atomic E-state index is 11.4. The molecule has 0 aromatic rings. The fourth-order valence-corrected chi connectivity index (χ4v) is 3.22. The quantitative estimate of drug-likeness (QED) is 0.642. The van der Waals surface area contributed by atoms with Crippen molar-refractivity contribution in [3.05, 3.63) is 0 Å². The van der Waals surface area contributed by atoms with Crippen molar-refractivity contribution in [3.8, 4) is 0 Å². The fourth-order valence-electron chi connectivity index (χ4n) is 1.89. The van der Waals surface area contributed by atoms with Crippen LogP contribution >= 0.6 is 0 Å². The predicted octanol–water partition coefficient (Wildman–Crippen LogP) is -1.14. The molecule has 1 aliphatic heterocycles. The third-order valence-corrected chi connectivity index (χ3v) is 4.59. The molecule has 86 valence electrons. The lowest BCUT2D eigenvalue weighted by Gasteiger charge is -2.45. The van der Waals surface area contributed by atoms with Gasteiger partial charge in [0.2, 0.25) is 10.0 Å². The summed E-state index contributed by atoms with van der Waals surface area (Å²) in [6.45, 7) is 0.0978. The highest BCUT2D eigenvalue weighted by Gasteiger charge is 2.55. The molecule has 0 aromatic heterocycles. The first-order valence-corrected chi connectivity index (χ1v) is 6.36. The van der Waals surface area contributed by atoms with Crippen molar-refractivity contribution in [1.29, 1.82) is 0 Å². The molecule has 1 aliphatic carbocycles. The minimum absolute atomic E-state index is 0.0489. The number of aliphatic carboxylic acids is 1. The van der Waals surface area contributed by atoms with E-state index in [9.17, 15) is 18.3 Å². The average Bonchev–Trinajstić information content (AvgIpc) is 2.77. The monoisotopic (exact) mass is 235 g/mol. The van der Waals surface area contributed by atoms with Crippen LogP contribution in [0.3, 0.4) is 0 Å². The number of nitrogens with zero attached hydrogens (tertiary/aromatic N) is 1. The number of carboxylic acid groups (broad SMARTS) is 1. The summed E-state index contributed by atoms with van der Waals surface area (Å²) in [7, 11) is -3.73. The lowest BCUT2D eigenvalue weighted by molar-refractivity contribution is -0.134. The highest BCUT2D eigenvalue weighted by Crippen LogP contribution is 2.45. The number of carboxylic acids is 1. The van der Waals surface area contributed by atoms with Crippen molar-refractivity contribution >= 4 is 16.0 Å². The smallest absolute Gasteiger partial charge is 0.320 e. The fraction of sp³-hybridized carbons (Fsp3) is 0.875. The molecule has 15 heavy (non-hydrogen) atoms. The van der Waals surface area contributed by atoms with Crippen LogP contribution in [0.4, 0.5) is 0 Å². The van der Waals surface area contributed by atoms with Crippen molar-refractivity contribution in [1.82, 2.24) is 4.31 Å². The summed E-state index contributed by atoms with van der Waals surface area (Å²) in [4.78, 5) is 10.3. The van der Waals surface area contributed by atoms with Gasteiger partial charge in [0, 0.05) is 13.1 Å². The summed E-state index contributed by atoms with van der Waals surface area (Å²) in [5.74, 6) is -2.06. The topological polar surface area (TPSA) is 94.9 Å². The van der Waals surface area contributed by atoms with Gasteiger partial charge in [-0.05, 0) is 18.8 Å². The second-order valence-electron chi connectivity index (χ2n) is 4.30. The zero-order chi connectivity index (χ0) is 11.3. The second kappa shape index (κ2) is 3.16. The molecule has 1 saturated heterocycles. The van der Waals surface area contributed by atoms with Gasteiger partial charge >= 0.3 is 5.97 Å². The maximum Gasteiger partial charge on any atom is 0.320 e. The molecule has 7 heteroatoms.